The molecule has 0 saturated carbocycles. The third kappa shape index (κ3) is 3.57. The van der Waals surface area contributed by atoms with E-state index in [-0.39, 0.29) is 11.7 Å². The highest BCUT2D eigenvalue weighted by molar-refractivity contribution is 5.80. The number of fused-ring (bicyclic) bond motifs is 2. The van der Waals surface area contributed by atoms with E-state index >= 15 is 0 Å². The highest BCUT2D eigenvalue weighted by atomic mass is 16.6. The van der Waals surface area contributed by atoms with Gasteiger partial charge < -0.3 is 9.64 Å². The van der Waals surface area contributed by atoms with Gasteiger partial charge in [0.05, 0.1) is 41.1 Å². The van der Waals surface area contributed by atoms with Crippen molar-refractivity contribution < 1.29 is 9.53 Å². The SMILES string of the molecule is Cn1c(=O)n([C@H]2CCN(C(=O)OC(C)(C)C)C2)c2nc(-c3cnn4ccc(C#N)cc34)ncc21. The van der Waals surface area contributed by atoms with E-state index in [1.807, 2.05) is 20.8 Å². The van der Waals surface area contributed by atoms with Crippen LogP contribution < -0.4 is 5.69 Å². The van der Waals surface area contributed by atoms with Gasteiger partial charge in [-0.3, -0.25) is 9.13 Å². The predicted octanol–water partition coefficient (Wildman–Crippen LogP) is 2.50. The maximum absolute atomic E-state index is 13.1. The zero-order valence-corrected chi connectivity index (χ0v) is 19.4. The molecule has 0 N–H and O–H groups in total. The van der Waals surface area contributed by atoms with Gasteiger partial charge in [-0.15, -0.1) is 0 Å². The average molecular weight is 460 g/mol. The van der Waals surface area contributed by atoms with E-state index in [4.69, 9.17) is 9.72 Å². The minimum absolute atomic E-state index is 0.218. The number of rotatable bonds is 2. The van der Waals surface area contributed by atoms with Crippen molar-refractivity contribution in [3.63, 3.8) is 0 Å². The molecule has 0 spiro atoms. The molecule has 4 aromatic rings. The zero-order valence-electron chi connectivity index (χ0n) is 19.4. The molecule has 0 aromatic carbocycles. The number of likely N-dealkylation sites (tertiary alicyclic amines) is 1. The summed E-state index contributed by atoms with van der Waals surface area (Å²) >= 11 is 0. The molecule has 1 aliphatic rings. The van der Waals surface area contributed by atoms with E-state index in [2.05, 4.69) is 16.2 Å². The highest BCUT2D eigenvalue weighted by Gasteiger charge is 2.33. The van der Waals surface area contributed by atoms with Crippen molar-refractivity contribution in [1.82, 2.24) is 33.6 Å². The number of carbonyl (C=O) groups excluding carboxylic acids is 1. The molecule has 11 heteroatoms. The highest BCUT2D eigenvalue weighted by Crippen LogP contribution is 2.28. The summed E-state index contributed by atoms with van der Waals surface area (Å²) in [6.07, 6.45) is 5.19. The number of aryl methyl sites for hydroxylation is 1. The number of nitriles is 1. The molecule has 0 bridgehead atoms. The Morgan fingerprint density at radius 1 is 1.26 bits per heavy atom. The van der Waals surface area contributed by atoms with Crippen LogP contribution in [0.5, 0.6) is 0 Å². The van der Waals surface area contributed by atoms with E-state index in [1.54, 1.807) is 51.8 Å². The first kappa shape index (κ1) is 21.6. The second kappa shape index (κ2) is 7.69. The Morgan fingerprint density at radius 2 is 2.06 bits per heavy atom. The predicted molar refractivity (Wildman–Crippen MR) is 123 cm³/mol. The number of ether oxygens (including phenoxy) is 1. The lowest BCUT2D eigenvalue weighted by molar-refractivity contribution is 0.0289. The lowest BCUT2D eigenvalue weighted by Crippen LogP contribution is -2.36. The quantitative estimate of drug-likeness (QED) is 0.450. The van der Waals surface area contributed by atoms with Gasteiger partial charge >= 0.3 is 11.8 Å². The minimum Gasteiger partial charge on any atom is -0.444 e. The van der Waals surface area contributed by atoms with E-state index in [1.165, 1.54) is 4.57 Å². The summed E-state index contributed by atoms with van der Waals surface area (Å²) in [6.45, 7) is 6.32. The topological polar surface area (TPSA) is 123 Å². The molecule has 11 nitrogen and oxygen atoms in total. The summed E-state index contributed by atoms with van der Waals surface area (Å²) in [5.74, 6) is 0.402. The van der Waals surface area contributed by atoms with Gasteiger partial charge in [-0.2, -0.15) is 10.4 Å². The zero-order chi connectivity index (χ0) is 24.2. The number of carbonyl (C=O) groups is 1. The Bertz CT molecular complexity index is 1530. The second-order valence-corrected chi connectivity index (χ2v) is 9.40. The average Bonchev–Trinajstić information content (AvgIpc) is 3.49. The van der Waals surface area contributed by atoms with Crippen molar-refractivity contribution in [3.05, 3.63) is 46.8 Å². The van der Waals surface area contributed by atoms with Crippen molar-refractivity contribution in [2.75, 3.05) is 13.1 Å². The Balaban J connectivity index is 1.55. The maximum atomic E-state index is 13.1. The summed E-state index contributed by atoms with van der Waals surface area (Å²) in [6, 6.07) is 5.30. The van der Waals surface area contributed by atoms with E-state index in [0.29, 0.717) is 53.1 Å². The number of amides is 1. The van der Waals surface area contributed by atoms with Gasteiger partial charge in [-0.05, 0) is 39.3 Å². The van der Waals surface area contributed by atoms with E-state index in [0.717, 1.165) is 0 Å². The first-order valence-electron chi connectivity index (χ1n) is 11.0. The van der Waals surface area contributed by atoms with Crippen LogP contribution in [0.3, 0.4) is 0 Å². The summed E-state index contributed by atoms with van der Waals surface area (Å²) in [7, 11) is 1.68. The van der Waals surface area contributed by atoms with Crippen molar-refractivity contribution in [3.8, 4) is 17.5 Å². The normalized spacial score (nSPS) is 16.3. The molecule has 34 heavy (non-hydrogen) atoms. The van der Waals surface area contributed by atoms with E-state index < -0.39 is 11.7 Å². The molecule has 0 unspecified atom stereocenters. The molecule has 0 radical (unpaired) electrons. The van der Waals surface area contributed by atoms with Crippen LogP contribution >= 0.6 is 0 Å². The number of hydrogen-bond acceptors (Lipinski definition) is 7. The molecule has 1 amide bonds. The monoisotopic (exact) mass is 460 g/mol. The fraction of sp³-hybridized carbons (Fsp3) is 0.391. The number of imidazole rings is 1. The molecule has 0 aliphatic carbocycles. The summed E-state index contributed by atoms with van der Waals surface area (Å²) in [5.41, 5.74) is 2.13. The minimum atomic E-state index is -0.590. The van der Waals surface area contributed by atoms with Gasteiger partial charge in [0.25, 0.3) is 0 Å². The fourth-order valence-electron chi connectivity index (χ4n) is 4.26. The first-order chi connectivity index (χ1) is 16.2. The summed E-state index contributed by atoms with van der Waals surface area (Å²) in [5, 5.41) is 13.6. The van der Waals surface area contributed by atoms with Crippen molar-refractivity contribution >= 4 is 22.8 Å². The number of nitrogens with zero attached hydrogens (tertiary/aromatic N) is 8. The van der Waals surface area contributed by atoms with Crippen molar-refractivity contribution in [2.45, 2.75) is 38.8 Å². The van der Waals surface area contributed by atoms with Crippen LogP contribution in [0.15, 0.2) is 35.5 Å². The lowest BCUT2D eigenvalue weighted by atomic mass is 10.2. The first-order valence-corrected chi connectivity index (χ1v) is 11.0. The third-order valence-corrected chi connectivity index (χ3v) is 5.90. The lowest BCUT2D eigenvalue weighted by Gasteiger charge is -2.24. The molecule has 5 rings (SSSR count). The Morgan fingerprint density at radius 3 is 2.79 bits per heavy atom. The number of hydrogen-bond donors (Lipinski definition) is 0. The molecular weight excluding hydrogens is 436 g/mol. The van der Waals surface area contributed by atoms with Gasteiger partial charge in [-0.25, -0.2) is 24.1 Å². The van der Waals surface area contributed by atoms with Gasteiger partial charge in [0, 0.05) is 26.3 Å². The van der Waals surface area contributed by atoms with Gasteiger partial charge in [-0.1, -0.05) is 0 Å². The molecular formula is C23H24N8O3. The summed E-state index contributed by atoms with van der Waals surface area (Å²) < 4.78 is 10.3. The van der Waals surface area contributed by atoms with Crippen molar-refractivity contribution in [2.24, 2.45) is 7.05 Å². The molecule has 1 atom stereocenters. The Labute approximate surface area is 194 Å². The smallest absolute Gasteiger partial charge is 0.410 e. The van der Waals surface area contributed by atoms with Crippen LogP contribution in [0.1, 0.15) is 38.8 Å². The number of pyridine rings is 1. The number of aromatic nitrogens is 6. The van der Waals surface area contributed by atoms with Gasteiger partial charge in [0.15, 0.2) is 11.5 Å². The Hall–Kier alpha value is -4.20. The molecule has 1 fully saturated rings. The summed E-state index contributed by atoms with van der Waals surface area (Å²) in [4.78, 5) is 36.5. The third-order valence-electron chi connectivity index (χ3n) is 5.90. The standard InChI is InChI=1S/C23H24N8O3/c1-23(2,3)34-22(33)29-7-6-15(13-29)31-20-18(28(4)21(31)32)12-25-19(27-20)16-11-26-30-8-5-14(10-24)9-17(16)30/h5,8-9,11-12,15H,6-7,13H2,1-4H3/t15-/m0/s1. The molecule has 1 aliphatic heterocycles. The van der Waals surface area contributed by atoms with Crippen LogP contribution in [-0.2, 0) is 11.8 Å². The second-order valence-electron chi connectivity index (χ2n) is 9.40. The van der Waals surface area contributed by atoms with Crippen molar-refractivity contribution in [1.29, 1.82) is 5.26 Å². The van der Waals surface area contributed by atoms with E-state index in [9.17, 15) is 14.9 Å². The van der Waals surface area contributed by atoms with Gasteiger partial charge in [0.2, 0.25) is 0 Å². The van der Waals surface area contributed by atoms with Crippen LogP contribution in [-0.4, -0.2) is 58.4 Å². The van der Waals surface area contributed by atoms with Crippen LogP contribution in [0.25, 0.3) is 28.1 Å². The molecule has 1 saturated heterocycles. The van der Waals surface area contributed by atoms with Crippen LogP contribution in [0, 0.1) is 11.3 Å². The Kier molecular flexibility index (Phi) is 4.89. The fourth-order valence-corrected chi connectivity index (χ4v) is 4.26. The van der Waals surface area contributed by atoms with Crippen LogP contribution in [0.2, 0.25) is 0 Å². The molecule has 5 heterocycles. The molecule has 4 aromatic heterocycles. The maximum Gasteiger partial charge on any atom is 0.410 e. The van der Waals surface area contributed by atoms with Gasteiger partial charge in [0.1, 0.15) is 11.1 Å². The largest absolute Gasteiger partial charge is 0.444 e. The molecule has 174 valence electrons. The van der Waals surface area contributed by atoms with Crippen LogP contribution in [0.4, 0.5) is 4.79 Å².